The van der Waals surface area contributed by atoms with Crippen LogP contribution in [0.3, 0.4) is 0 Å². The molecule has 4 rings (SSSR count). The second kappa shape index (κ2) is 5.90. The zero-order valence-electron chi connectivity index (χ0n) is 13.3. The first-order valence-electron chi connectivity index (χ1n) is 8.42. The van der Waals surface area contributed by atoms with Gasteiger partial charge in [-0.05, 0) is 48.6 Å². The van der Waals surface area contributed by atoms with Crippen molar-refractivity contribution in [2.75, 3.05) is 5.75 Å². The Bertz CT molecular complexity index is 737. The molecule has 23 heavy (non-hydrogen) atoms. The van der Waals surface area contributed by atoms with Crippen LogP contribution in [-0.4, -0.2) is 22.5 Å². The van der Waals surface area contributed by atoms with Crippen LogP contribution in [0, 0.1) is 5.82 Å². The number of hydrogen-bond donors (Lipinski definition) is 0. The van der Waals surface area contributed by atoms with Crippen LogP contribution in [0.2, 0.25) is 0 Å². The highest BCUT2D eigenvalue weighted by atomic mass is 32.2. The highest BCUT2D eigenvalue weighted by molar-refractivity contribution is 8.01. The Kier molecular flexibility index (Phi) is 3.88. The van der Waals surface area contributed by atoms with Gasteiger partial charge in [0.2, 0.25) is 0 Å². The average Bonchev–Trinajstić information content (AvgIpc) is 3.02. The van der Waals surface area contributed by atoms with Gasteiger partial charge >= 0.3 is 0 Å². The molecule has 3 aliphatic rings. The Labute approximate surface area is 140 Å². The molecular weight excluding hydrogens is 309 g/mol. The summed E-state index contributed by atoms with van der Waals surface area (Å²) in [6.07, 6.45) is 4.12. The second-order valence-electron chi connectivity index (χ2n) is 6.46. The van der Waals surface area contributed by atoms with Gasteiger partial charge in [0.05, 0.1) is 5.25 Å². The summed E-state index contributed by atoms with van der Waals surface area (Å²) in [7, 11) is 0. The van der Waals surface area contributed by atoms with E-state index in [1.54, 1.807) is 6.07 Å². The maximum atomic E-state index is 13.9. The number of benzene rings is 1. The molecule has 1 aliphatic carbocycles. The molecule has 4 heteroatoms. The smallest absolute Gasteiger partial charge is 0.161 e. The molecule has 0 bridgehead atoms. The van der Waals surface area contributed by atoms with Crippen LogP contribution in [0.25, 0.3) is 0 Å². The normalized spacial score (nSPS) is 26.9. The Balaban J connectivity index is 1.86. The monoisotopic (exact) mass is 329 g/mol. The number of thioether (sulfide) groups is 1. The number of hydrogen-bond acceptors (Lipinski definition) is 3. The fraction of sp³-hybridized carbons (Fsp3) is 0.474. The first kappa shape index (κ1) is 15.1. The van der Waals surface area contributed by atoms with Crippen LogP contribution in [0.4, 0.5) is 4.39 Å². The topological polar surface area (TPSA) is 29.4 Å². The molecule has 2 heterocycles. The van der Waals surface area contributed by atoms with E-state index in [1.807, 2.05) is 30.8 Å². The third-order valence-corrected chi connectivity index (χ3v) is 6.46. The molecule has 2 nitrogen and oxygen atoms in total. The van der Waals surface area contributed by atoms with Gasteiger partial charge in [0.25, 0.3) is 0 Å². The molecule has 0 saturated carbocycles. The van der Waals surface area contributed by atoms with E-state index >= 15 is 0 Å². The summed E-state index contributed by atoms with van der Waals surface area (Å²) < 4.78 is 13.9. The number of aliphatic imine (C=N–C) groups is 1. The predicted octanol–water partition coefficient (Wildman–Crippen LogP) is 4.44. The number of allylic oxidation sites excluding steroid dienone is 2. The fourth-order valence-corrected chi connectivity index (χ4v) is 5.41. The molecular formula is C19H20FNOS. The number of fused-ring (bicyclic) bond motifs is 1. The molecule has 1 fully saturated rings. The largest absolute Gasteiger partial charge is 0.294 e. The third-order valence-electron chi connectivity index (χ3n) is 5.11. The van der Waals surface area contributed by atoms with E-state index in [-0.39, 0.29) is 22.8 Å². The number of rotatable bonds is 2. The highest BCUT2D eigenvalue weighted by Crippen LogP contribution is 2.47. The molecule has 1 aromatic rings. The van der Waals surface area contributed by atoms with Gasteiger partial charge in [-0.2, -0.15) is 11.8 Å². The van der Waals surface area contributed by atoms with Crippen LogP contribution in [0.15, 0.2) is 34.5 Å². The molecule has 1 saturated heterocycles. The summed E-state index contributed by atoms with van der Waals surface area (Å²) in [5.41, 5.74) is 4.96. The minimum atomic E-state index is -0.149. The number of ketones is 1. The number of nitrogens with zero attached hydrogens (tertiary/aromatic N) is 1. The Morgan fingerprint density at radius 1 is 1.30 bits per heavy atom. The van der Waals surface area contributed by atoms with Gasteiger partial charge in [-0.15, -0.1) is 0 Å². The Morgan fingerprint density at radius 2 is 2.17 bits per heavy atom. The van der Waals surface area contributed by atoms with Gasteiger partial charge in [-0.1, -0.05) is 19.1 Å². The minimum absolute atomic E-state index is 0.0590. The second-order valence-corrected chi connectivity index (χ2v) is 7.71. The van der Waals surface area contributed by atoms with Crippen molar-refractivity contribution in [3.63, 3.8) is 0 Å². The molecule has 1 unspecified atom stereocenters. The van der Waals surface area contributed by atoms with Crippen LogP contribution >= 0.6 is 11.8 Å². The molecule has 2 atom stereocenters. The lowest BCUT2D eigenvalue weighted by molar-refractivity contribution is -0.116. The van der Waals surface area contributed by atoms with E-state index < -0.39 is 0 Å². The quantitative estimate of drug-likeness (QED) is 0.803. The Morgan fingerprint density at radius 3 is 3.00 bits per heavy atom. The molecule has 120 valence electrons. The van der Waals surface area contributed by atoms with Gasteiger partial charge in [0.15, 0.2) is 5.78 Å². The minimum Gasteiger partial charge on any atom is -0.294 e. The number of Topliss-reactive ketones (excluding diaryl/α,β-unsaturated/α-hetero) is 1. The molecule has 2 aliphatic heterocycles. The van der Waals surface area contributed by atoms with E-state index in [0.717, 1.165) is 47.4 Å². The number of carbonyl (C=O) groups is 1. The number of halogens is 1. The highest BCUT2D eigenvalue weighted by Gasteiger charge is 2.42. The lowest BCUT2D eigenvalue weighted by Gasteiger charge is -2.33. The molecule has 0 N–H and O–H groups in total. The molecule has 0 spiro atoms. The fourth-order valence-electron chi connectivity index (χ4n) is 3.98. The van der Waals surface area contributed by atoms with E-state index in [2.05, 4.69) is 0 Å². The van der Waals surface area contributed by atoms with Gasteiger partial charge in [0.1, 0.15) is 5.82 Å². The first-order valence-corrected chi connectivity index (χ1v) is 9.47. The van der Waals surface area contributed by atoms with Crippen molar-refractivity contribution in [2.45, 2.75) is 50.2 Å². The van der Waals surface area contributed by atoms with Crippen molar-refractivity contribution in [3.8, 4) is 0 Å². The Hall–Kier alpha value is -1.42. The van der Waals surface area contributed by atoms with Crippen LogP contribution in [0.1, 0.15) is 49.7 Å². The van der Waals surface area contributed by atoms with Crippen molar-refractivity contribution >= 4 is 23.3 Å². The van der Waals surface area contributed by atoms with Crippen molar-refractivity contribution < 1.29 is 9.18 Å². The van der Waals surface area contributed by atoms with Gasteiger partial charge in [-0.3, -0.25) is 9.79 Å². The summed E-state index contributed by atoms with van der Waals surface area (Å²) in [5.74, 6) is 1.22. The van der Waals surface area contributed by atoms with E-state index in [1.165, 1.54) is 5.71 Å². The standard InChI is InChI=1S/C19H20FNOS/c1-2-11-10-12(6-7-13(11)20)17-18-14(4-3-5-16(18)22)21-15-8-9-23-19(15)17/h6-7,10,17,19H,2-5,8-9H2,1H3/t17-,19?/m0/s1. The maximum absolute atomic E-state index is 13.9. The predicted molar refractivity (Wildman–Crippen MR) is 92.7 cm³/mol. The van der Waals surface area contributed by atoms with Crippen molar-refractivity contribution in [2.24, 2.45) is 4.99 Å². The van der Waals surface area contributed by atoms with Gasteiger partial charge < -0.3 is 0 Å². The maximum Gasteiger partial charge on any atom is 0.161 e. The van der Waals surface area contributed by atoms with Crippen LogP contribution < -0.4 is 0 Å². The van der Waals surface area contributed by atoms with E-state index in [4.69, 9.17) is 4.99 Å². The van der Waals surface area contributed by atoms with Gasteiger partial charge in [0, 0.05) is 29.3 Å². The van der Waals surface area contributed by atoms with Crippen molar-refractivity contribution in [3.05, 3.63) is 46.4 Å². The summed E-state index contributed by atoms with van der Waals surface area (Å²) in [4.78, 5) is 17.4. The average molecular weight is 329 g/mol. The zero-order valence-corrected chi connectivity index (χ0v) is 14.1. The summed E-state index contributed by atoms with van der Waals surface area (Å²) in [6, 6.07) is 5.40. The number of carbonyl (C=O) groups excluding carboxylic acids is 1. The van der Waals surface area contributed by atoms with Crippen molar-refractivity contribution in [1.82, 2.24) is 0 Å². The SMILES string of the molecule is CCc1cc([C@H]2C3=C(CCCC3=O)N=C3CCSC32)ccc1F. The van der Waals surface area contributed by atoms with Crippen LogP contribution in [-0.2, 0) is 11.2 Å². The molecule has 0 aromatic heterocycles. The first-order chi connectivity index (χ1) is 11.2. The zero-order chi connectivity index (χ0) is 16.0. The molecule has 0 amide bonds. The summed E-state index contributed by atoms with van der Waals surface area (Å²) in [5, 5.41) is 0.256. The van der Waals surface area contributed by atoms with E-state index in [0.29, 0.717) is 12.8 Å². The summed E-state index contributed by atoms with van der Waals surface area (Å²) >= 11 is 1.89. The lowest BCUT2D eigenvalue weighted by Crippen LogP contribution is -2.32. The van der Waals surface area contributed by atoms with Crippen LogP contribution in [0.5, 0.6) is 0 Å². The van der Waals surface area contributed by atoms with Gasteiger partial charge in [-0.25, -0.2) is 4.39 Å². The van der Waals surface area contributed by atoms with Crippen molar-refractivity contribution in [1.29, 1.82) is 0 Å². The molecule has 0 radical (unpaired) electrons. The summed E-state index contributed by atoms with van der Waals surface area (Å²) in [6.45, 7) is 1.97. The lowest BCUT2D eigenvalue weighted by atomic mass is 9.76. The number of aryl methyl sites for hydroxylation is 1. The molecule has 1 aromatic carbocycles. The third kappa shape index (κ3) is 2.47. The van der Waals surface area contributed by atoms with E-state index in [9.17, 15) is 9.18 Å².